The molecule has 0 aromatic heterocycles. The zero-order valence-electron chi connectivity index (χ0n) is 9.90. The predicted molar refractivity (Wildman–Crippen MR) is 69.9 cm³/mol. The minimum atomic E-state index is 0.682. The molecule has 0 spiro atoms. The quantitative estimate of drug-likeness (QED) is 0.806. The van der Waals surface area contributed by atoms with Gasteiger partial charge in [-0.3, -0.25) is 0 Å². The maximum atomic E-state index is 5.77. The molecule has 0 amide bonds. The molecule has 2 N–H and O–H groups in total. The number of hydrogen-bond acceptors (Lipinski definition) is 2. The summed E-state index contributed by atoms with van der Waals surface area (Å²) >= 11 is 0. The number of nitrogens with two attached hydrogens (primary N) is 1. The molecular weight excluding hydrogens is 196 g/mol. The van der Waals surface area contributed by atoms with Crippen LogP contribution < -0.4 is 5.73 Å². The summed E-state index contributed by atoms with van der Waals surface area (Å²) < 4.78 is 0. The normalized spacial score (nSPS) is 14.6. The predicted octanol–water partition coefficient (Wildman–Crippen LogP) is 3.29. The maximum absolute atomic E-state index is 5.77. The fourth-order valence-electron chi connectivity index (χ4n) is 1.94. The minimum absolute atomic E-state index is 0.682. The second-order valence-corrected chi connectivity index (χ2v) is 4.70. The van der Waals surface area contributed by atoms with Crippen LogP contribution in [0.5, 0.6) is 0 Å². The monoisotopic (exact) mass is 214 g/mol. The fourth-order valence-corrected chi connectivity index (χ4v) is 1.94. The van der Waals surface area contributed by atoms with E-state index in [2.05, 4.69) is 49.2 Å². The van der Waals surface area contributed by atoms with Crippen molar-refractivity contribution in [2.24, 2.45) is 16.6 Å². The van der Waals surface area contributed by atoms with Crippen LogP contribution in [0.2, 0.25) is 0 Å². The van der Waals surface area contributed by atoms with Gasteiger partial charge in [-0.1, -0.05) is 32.1 Å². The summed E-state index contributed by atoms with van der Waals surface area (Å²) in [6.45, 7) is 4.47. The van der Waals surface area contributed by atoms with Gasteiger partial charge in [-0.2, -0.15) is 0 Å². The van der Waals surface area contributed by atoms with Crippen molar-refractivity contribution in [3.63, 3.8) is 0 Å². The standard InChI is InChI=1S/C14H18N2/c1-10(2)8-11-6-7-13-12(9-11)4-3-5-14(15)16-13/h3-4,6-7,9-10H,5,8H2,1-2H3,(H2,15,16). The highest BCUT2D eigenvalue weighted by Gasteiger charge is 2.05. The molecule has 1 aliphatic heterocycles. The molecule has 2 nitrogen and oxygen atoms in total. The Morgan fingerprint density at radius 1 is 1.38 bits per heavy atom. The Balaban J connectivity index is 2.36. The lowest BCUT2D eigenvalue weighted by atomic mass is 10.00. The number of hydrogen-bond donors (Lipinski definition) is 1. The van der Waals surface area contributed by atoms with Gasteiger partial charge in [0, 0.05) is 12.0 Å². The topological polar surface area (TPSA) is 38.4 Å². The summed E-state index contributed by atoms with van der Waals surface area (Å²) in [5.74, 6) is 1.37. The lowest BCUT2D eigenvalue weighted by Gasteiger charge is -2.07. The van der Waals surface area contributed by atoms with Crippen LogP contribution in [0.25, 0.3) is 6.08 Å². The van der Waals surface area contributed by atoms with Gasteiger partial charge in [0.1, 0.15) is 5.84 Å². The third-order valence-corrected chi connectivity index (χ3v) is 2.62. The lowest BCUT2D eigenvalue weighted by molar-refractivity contribution is 0.647. The first-order chi connectivity index (χ1) is 7.65. The highest BCUT2D eigenvalue weighted by Crippen LogP contribution is 2.25. The van der Waals surface area contributed by atoms with Crippen LogP contribution in [-0.2, 0) is 6.42 Å². The van der Waals surface area contributed by atoms with E-state index in [4.69, 9.17) is 5.73 Å². The van der Waals surface area contributed by atoms with Crippen LogP contribution in [0.3, 0.4) is 0 Å². The number of benzene rings is 1. The molecule has 0 saturated heterocycles. The van der Waals surface area contributed by atoms with Crippen molar-refractivity contribution in [2.45, 2.75) is 26.7 Å². The molecule has 2 rings (SSSR count). The van der Waals surface area contributed by atoms with Gasteiger partial charge >= 0.3 is 0 Å². The highest BCUT2D eigenvalue weighted by atomic mass is 14.9. The molecule has 1 aromatic rings. The van der Waals surface area contributed by atoms with Gasteiger partial charge in [-0.15, -0.1) is 0 Å². The first kappa shape index (κ1) is 10.9. The van der Waals surface area contributed by atoms with Crippen molar-refractivity contribution in [2.75, 3.05) is 0 Å². The summed E-state index contributed by atoms with van der Waals surface area (Å²) in [4.78, 5) is 4.39. The van der Waals surface area contributed by atoms with E-state index >= 15 is 0 Å². The van der Waals surface area contributed by atoms with E-state index in [1.165, 1.54) is 11.1 Å². The van der Waals surface area contributed by atoms with Gasteiger partial charge in [0.25, 0.3) is 0 Å². The third-order valence-electron chi connectivity index (χ3n) is 2.62. The molecule has 0 radical (unpaired) electrons. The molecular formula is C14H18N2. The van der Waals surface area contributed by atoms with Crippen molar-refractivity contribution in [3.05, 3.63) is 35.4 Å². The molecule has 0 saturated carbocycles. The van der Waals surface area contributed by atoms with E-state index < -0.39 is 0 Å². The van der Waals surface area contributed by atoms with Crippen LogP contribution in [0.1, 0.15) is 31.4 Å². The largest absolute Gasteiger partial charge is 0.387 e. The summed E-state index contributed by atoms with van der Waals surface area (Å²) in [6.07, 6.45) is 6.04. The van der Waals surface area contributed by atoms with E-state index in [9.17, 15) is 0 Å². The van der Waals surface area contributed by atoms with Gasteiger partial charge in [0.2, 0.25) is 0 Å². The number of nitrogens with zero attached hydrogens (tertiary/aromatic N) is 1. The van der Waals surface area contributed by atoms with Crippen molar-refractivity contribution < 1.29 is 0 Å². The zero-order valence-corrected chi connectivity index (χ0v) is 9.90. The van der Waals surface area contributed by atoms with Crippen LogP contribution in [0.15, 0.2) is 29.3 Å². The molecule has 1 aliphatic rings. The van der Waals surface area contributed by atoms with Crippen molar-refractivity contribution in [1.82, 2.24) is 0 Å². The Kier molecular flexibility index (Phi) is 3.09. The minimum Gasteiger partial charge on any atom is -0.387 e. The van der Waals surface area contributed by atoms with Crippen LogP contribution >= 0.6 is 0 Å². The van der Waals surface area contributed by atoms with Crippen molar-refractivity contribution in [1.29, 1.82) is 0 Å². The number of fused-ring (bicyclic) bond motifs is 1. The second-order valence-electron chi connectivity index (χ2n) is 4.70. The fraction of sp³-hybridized carbons (Fsp3) is 0.357. The molecule has 1 aromatic carbocycles. The van der Waals surface area contributed by atoms with E-state index in [0.717, 1.165) is 18.5 Å². The molecule has 0 fully saturated rings. The van der Waals surface area contributed by atoms with Gasteiger partial charge in [0.05, 0.1) is 5.69 Å². The van der Waals surface area contributed by atoms with Gasteiger partial charge in [-0.25, -0.2) is 4.99 Å². The molecule has 84 valence electrons. The van der Waals surface area contributed by atoms with Gasteiger partial charge < -0.3 is 5.73 Å². The molecule has 2 heteroatoms. The molecule has 0 bridgehead atoms. The van der Waals surface area contributed by atoms with Crippen LogP contribution in [-0.4, -0.2) is 5.84 Å². The SMILES string of the molecule is CC(C)Cc1ccc2c(c1)C=CCC(N)=N2. The smallest absolute Gasteiger partial charge is 0.103 e. The van der Waals surface area contributed by atoms with Crippen LogP contribution in [0.4, 0.5) is 5.69 Å². The van der Waals surface area contributed by atoms with Crippen molar-refractivity contribution >= 4 is 17.6 Å². The second kappa shape index (κ2) is 4.52. The van der Waals surface area contributed by atoms with E-state index in [1.807, 2.05) is 0 Å². The summed E-state index contributed by atoms with van der Waals surface area (Å²) in [5.41, 5.74) is 9.30. The highest BCUT2D eigenvalue weighted by molar-refractivity contribution is 5.88. The Morgan fingerprint density at radius 3 is 2.94 bits per heavy atom. The number of amidine groups is 1. The van der Waals surface area contributed by atoms with E-state index in [-0.39, 0.29) is 0 Å². The zero-order chi connectivity index (χ0) is 11.5. The summed E-state index contributed by atoms with van der Waals surface area (Å²) in [5, 5.41) is 0. The summed E-state index contributed by atoms with van der Waals surface area (Å²) in [6, 6.07) is 6.43. The first-order valence-corrected chi connectivity index (χ1v) is 5.77. The Labute approximate surface area is 96.9 Å². The van der Waals surface area contributed by atoms with E-state index in [0.29, 0.717) is 11.8 Å². The van der Waals surface area contributed by atoms with Gasteiger partial charge in [0.15, 0.2) is 0 Å². The molecule has 0 unspecified atom stereocenters. The van der Waals surface area contributed by atoms with Gasteiger partial charge in [-0.05, 0) is 30.0 Å². The molecule has 0 aliphatic carbocycles. The average molecular weight is 214 g/mol. The van der Waals surface area contributed by atoms with Crippen LogP contribution in [0, 0.1) is 5.92 Å². The molecule has 16 heavy (non-hydrogen) atoms. The third kappa shape index (κ3) is 2.51. The Bertz CT molecular complexity index is 442. The first-order valence-electron chi connectivity index (χ1n) is 5.77. The van der Waals surface area contributed by atoms with E-state index in [1.54, 1.807) is 0 Å². The Morgan fingerprint density at radius 2 is 2.19 bits per heavy atom. The maximum Gasteiger partial charge on any atom is 0.103 e. The van der Waals surface area contributed by atoms with Crippen molar-refractivity contribution in [3.8, 4) is 0 Å². The molecule has 1 heterocycles. The number of aliphatic imine (C=N–C) groups is 1. The Hall–Kier alpha value is -1.57. The summed E-state index contributed by atoms with van der Waals surface area (Å²) in [7, 11) is 0. The lowest BCUT2D eigenvalue weighted by Crippen LogP contribution is -2.08. The number of rotatable bonds is 2. The molecule has 0 atom stereocenters. The average Bonchev–Trinajstić information content (AvgIpc) is 2.37.